The quantitative estimate of drug-likeness (QED) is 0.782. The van der Waals surface area contributed by atoms with Gasteiger partial charge in [0.25, 0.3) is 5.91 Å². The first-order valence-corrected chi connectivity index (χ1v) is 8.78. The number of fused-ring (bicyclic) bond motifs is 1. The van der Waals surface area contributed by atoms with Gasteiger partial charge in [0.15, 0.2) is 0 Å². The number of benzene rings is 1. The number of rotatable bonds is 4. The first-order valence-electron chi connectivity index (χ1n) is 7.14. The lowest BCUT2D eigenvalue weighted by atomic mass is 10.2. The van der Waals surface area contributed by atoms with Gasteiger partial charge in [-0.1, -0.05) is 26.0 Å². The van der Waals surface area contributed by atoms with Crippen molar-refractivity contribution < 1.29 is 4.79 Å². The molecule has 2 heterocycles. The summed E-state index contributed by atoms with van der Waals surface area (Å²) in [4.78, 5) is 22.0. The molecule has 3 rings (SSSR count). The summed E-state index contributed by atoms with van der Waals surface area (Å²) in [6.07, 6.45) is 0. The van der Waals surface area contributed by atoms with Crippen molar-refractivity contribution >= 4 is 38.8 Å². The Hall–Kier alpha value is -1.79. The lowest BCUT2D eigenvalue weighted by molar-refractivity contribution is 0.0954. The molecule has 6 heteroatoms. The maximum Gasteiger partial charge on any atom is 0.263 e. The molecule has 0 aliphatic rings. The highest BCUT2D eigenvalue weighted by molar-refractivity contribution is 7.18. The van der Waals surface area contributed by atoms with Crippen LogP contribution in [0.15, 0.2) is 24.3 Å². The summed E-state index contributed by atoms with van der Waals surface area (Å²) >= 11 is 3.09. The maximum atomic E-state index is 12.3. The molecule has 0 atom stereocenters. The fourth-order valence-corrected chi connectivity index (χ4v) is 4.00. The van der Waals surface area contributed by atoms with Gasteiger partial charge in [-0.2, -0.15) is 0 Å². The van der Waals surface area contributed by atoms with E-state index in [4.69, 9.17) is 0 Å². The van der Waals surface area contributed by atoms with E-state index < -0.39 is 0 Å². The summed E-state index contributed by atoms with van der Waals surface area (Å²) in [5.74, 6) is 0.274. The number of nitrogens with zero attached hydrogens (tertiary/aromatic N) is 2. The van der Waals surface area contributed by atoms with Crippen LogP contribution in [0, 0.1) is 6.92 Å². The standard InChI is InChI=1S/C16H17N3OS2/c1-9(2)16-18-10(3)14(22-16)15(20)17-8-13-19-11-6-4-5-7-12(11)21-13/h4-7,9H,8H2,1-3H3,(H,17,20). The van der Waals surface area contributed by atoms with Crippen molar-refractivity contribution in [2.45, 2.75) is 33.2 Å². The third-order valence-electron chi connectivity index (χ3n) is 3.25. The first kappa shape index (κ1) is 15.1. The number of para-hydroxylation sites is 1. The van der Waals surface area contributed by atoms with Gasteiger partial charge >= 0.3 is 0 Å². The van der Waals surface area contributed by atoms with Gasteiger partial charge in [-0.25, -0.2) is 9.97 Å². The molecule has 0 radical (unpaired) electrons. The minimum Gasteiger partial charge on any atom is -0.345 e. The topological polar surface area (TPSA) is 54.9 Å². The van der Waals surface area contributed by atoms with Crippen LogP contribution in [0.3, 0.4) is 0 Å². The van der Waals surface area contributed by atoms with Gasteiger partial charge in [-0.3, -0.25) is 4.79 Å². The molecule has 0 fully saturated rings. The summed E-state index contributed by atoms with van der Waals surface area (Å²) in [5, 5.41) is 4.87. The lowest BCUT2D eigenvalue weighted by Crippen LogP contribution is -2.22. The SMILES string of the molecule is Cc1nc(C(C)C)sc1C(=O)NCc1nc2ccccc2s1. The predicted octanol–water partition coefficient (Wildman–Crippen LogP) is 4.11. The zero-order valence-electron chi connectivity index (χ0n) is 12.7. The molecule has 1 amide bonds. The van der Waals surface area contributed by atoms with Crippen LogP contribution in [-0.4, -0.2) is 15.9 Å². The molecule has 0 aliphatic carbocycles. The molecule has 1 aromatic carbocycles. The zero-order valence-corrected chi connectivity index (χ0v) is 14.3. The second-order valence-electron chi connectivity index (χ2n) is 5.38. The van der Waals surface area contributed by atoms with Crippen molar-refractivity contribution in [1.82, 2.24) is 15.3 Å². The summed E-state index contributed by atoms with van der Waals surface area (Å²) in [6, 6.07) is 8.00. The molecule has 4 nitrogen and oxygen atoms in total. The van der Waals surface area contributed by atoms with E-state index in [2.05, 4.69) is 29.1 Å². The predicted molar refractivity (Wildman–Crippen MR) is 91.7 cm³/mol. The van der Waals surface area contributed by atoms with Crippen molar-refractivity contribution in [2.75, 3.05) is 0 Å². The fourth-order valence-electron chi connectivity index (χ4n) is 2.11. The molecule has 114 valence electrons. The number of amides is 1. The summed E-state index contributed by atoms with van der Waals surface area (Å²) < 4.78 is 1.14. The largest absolute Gasteiger partial charge is 0.345 e. The smallest absolute Gasteiger partial charge is 0.263 e. The Morgan fingerprint density at radius 2 is 2.00 bits per heavy atom. The molecular formula is C16H17N3OS2. The molecule has 0 unspecified atom stereocenters. The Labute approximate surface area is 137 Å². The number of nitrogens with one attached hydrogen (secondary N) is 1. The lowest BCUT2D eigenvalue weighted by Gasteiger charge is -2.01. The molecule has 2 aromatic heterocycles. The summed E-state index contributed by atoms with van der Waals surface area (Å²) in [5.41, 5.74) is 1.78. The fraction of sp³-hybridized carbons (Fsp3) is 0.312. The van der Waals surface area contributed by atoms with Gasteiger partial charge in [-0.15, -0.1) is 22.7 Å². The Morgan fingerprint density at radius 1 is 1.23 bits per heavy atom. The Kier molecular flexibility index (Phi) is 4.22. The van der Waals surface area contributed by atoms with Crippen molar-refractivity contribution in [3.63, 3.8) is 0 Å². The van der Waals surface area contributed by atoms with E-state index in [9.17, 15) is 4.79 Å². The molecule has 0 bridgehead atoms. The molecule has 0 spiro atoms. The number of aromatic nitrogens is 2. The average molecular weight is 331 g/mol. The first-order chi connectivity index (χ1) is 10.5. The van der Waals surface area contributed by atoms with Crippen LogP contribution in [0.5, 0.6) is 0 Å². The average Bonchev–Trinajstić information content (AvgIpc) is 3.07. The van der Waals surface area contributed by atoms with Gasteiger partial charge in [0, 0.05) is 5.92 Å². The number of aryl methyl sites for hydroxylation is 1. The van der Waals surface area contributed by atoms with E-state index in [1.54, 1.807) is 11.3 Å². The van der Waals surface area contributed by atoms with Gasteiger partial charge in [0.2, 0.25) is 0 Å². The van der Waals surface area contributed by atoms with E-state index in [0.29, 0.717) is 17.3 Å². The highest BCUT2D eigenvalue weighted by Gasteiger charge is 2.17. The third kappa shape index (κ3) is 3.03. The monoisotopic (exact) mass is 331 g/mol. The van der Waals surface area contributed by atoms with Crippen molar-refractivity contribution in [2.24, 2.45) is 0 Å². The van der Waals surface area contributed by atoms with Gasteiger partial charge in [-0.05, 0) is 19.1 Å². The van der Waals surface area contributed by atoms with E-state index in [1.807, 2.05) is 31.2 Å². The van der Waals surface area contributed by atoms with Crippen LogP contribution in [0.25, 0.3) is 10.2 Å². The number of hydrogen-bond donors (Lipinski definition) is 1. The number of carbonyl (C=O) groups is 1. The Bertz CT molecular complexity index is 787. The maximum absolute atomic E-state index is 12.3. The Morgan fingerprint density at radius 3 is 2.68 bits per heavy atom. The minimum atomic E-state index is -0.0684. The van der Waals surface area contributed by atoms with Crippen LogP contribution < -0.4 is 5.32 Å². The Balaban J connectivity index is 1.71. The zero-order chi connectivity index (χ0) is 15.7. The van der Waals surface area contributed by atoms with E-state index in [0.717, 1.165) is 25.9 Å². The summed E-state index contributed by atoms with van der Waals surface area (Å²) in [7, 11) is 0. The normalized spacial score (nSPS) is 11.3. The second-order valence-corrected chi connectivity index (χ2v) is 7.53. The van der Waals surface area contributed by atoms with E-state index in [-0.39, 0.29) is 5.91 Å². The number of thiazole rings is 2. The van der Waals surface area contributed by atoms with Crippen LogP contribution in [0.2, 0.25) is 0 Å². The number of carbonyl (C=O) groups excluding carboxylic acids is 1. The molecule has 1 N–H and O–H groups in total. The van der Waals surface area contributed by atoms with Crippen LogP contribution >= 0.6 is 22.7 Å². The molecule has 0 aliphatic heterocycles. The van der Waals surface area contributed by atoms with E-state index in [1.165, 1.54) is 11.3 Å². The molecule has 0 saturated heterocycles. The highest BCUT2D eigenvalue weighted by atomic mass is 32.1. The molecular weight excluding hydrogens is 314 g/mol. The summed E-state index contributed by atoms with van der Waals surface area (Å²) in [6.45, 7) is 6.50. The van der Waals surface area contributed by atoms with Gasteiger partial charge < -0.3 is 5.32 Å². The van der Waals surface area contributed by atoms with E-state index >= 15 is 0 Å². The third-order valence-corrected chi connectivity index (χ3v) is 5.74. The molecule has 3 aromatic rings. The molecule has 22 heavy (non-hydrogen) atoms. The second kappa shape index (κ2) is 6.14. The van der Waals surface area contributed by atoms with Crippen molar-refractivity contribution in [1.29, 1.82) is 0 Å². The van der Waals surface area contributed by atoms with Gasteiger partial charge in [0.1, 0.15) is 9.88 Å². The van der Waals surface area contributed by atoms with Crippen molar-refractivity contribution in [3.8, 4) is 0 Å². The van der Waals surface area contributed by atoms with Crippen LogP contribution in [-0.2, 0) is 6.54 Å². The minimum absolute atomic E-state index is 0.0684. The number of hydrogen-bond acceptors (Lipinski definition) is 5. The van der Waals surface area contributed by atoms with Crippen molar-refractivity contribution in [3.05, 3.63) is 44.9 Å². The van der Waals surface area contributed by atoms with Crippen LogP contribution in [0.4, 0.5) is 0 Å². The van der Waals surface area contributed by atoms with Crippen LogP contribution in [0.1, 0.15) is 45.1 Å². The highest BCUT2D eigenvalue weighted by Crippen LogP contribution is 2.25. The molecule has 0 saturated carbocycles. The van der Waals surface area contributed by atoms with Gasteiger partial charge in [0.05, 0.1) is 27.5 Å².